The van der Waals surface area contributed by atoms with E-state index in [-0.39, 0.29) is 18.5 Å². The Morgan fingerprint density at radius 3 is 2.59 bits per heavy atom. The number of hydrogen-bond donors (Lipinski definition) is 2. The number of nitrogens with zero attached hydrogens (tertiary/aromatic N) is 3. The standard InChI is InChI=1S/C21H27N5O/c1-5-7-20(19(6-2)25-26-13-12-23-21(27)14-26)24-16(4)18-10-8-17(9-11-18)15(3)22/h5-11,15H,2,4,12-14,22H2,1,3H3,(H,23,27)/b7-5-,24-20?,25-19+. The van der Waals surface area contributed by atoms with Crippen LogP contribution in [0, 0.1) is 0 Å². The Hall–Kier alpha value is -2.99. The molecule has 1 amide bonds. The molecule has 27 heavy (non-hydrogen) atoms. The van der Waals surface area contributed by atoms with Crippen LogP contribution in [-0.4, -0.2) is 42.0 Å². The fourth-order valence-corrected chi connectivity index (χ4v) is 2.59. The average molecular weight is 365 g/mol. The van der Waals surface area contributed by atoms with Crippen molar-refractivity contribution in [1.29, 1.82) is 0 Å². The molecule has 6 heteroatoms. The molecular formula is C21H27N5O. The minimum absolute atomic E-state index is 0.0179. The Labute approximate surface area is 160 Å². The first-order valence-corrected chi connectivity index (χ1v) is 8.94. The molecule has 2 rings (SSSR count). The lowest BCUT2D eigenvalue weighted by Gasteiger charge is -2.24. The van der Waals surface area contributed by atoms with Gasteiger partial charge in [0.1, 0.15) is 12.3 Å². The smallest absolute Gasteiger partial charge is 0.241 e. The van der Waals surface area contributed by atoms with E-state index in [1.165, 1.54) is 0 Å². The van der Waals surface area contributed by atoms with Crippen molar-refractivity contribution in [1.82, 2.24) is 10.3 Å². The molecule has 1 atom stereocenters. The van der Waals surface area contributed by atoms with E-state index in [9.17, 15) is 4.79 Å². The van der Waals surface area contributed by atoms with Crippen molar-refractivity contribution in [2.75, 3.05) is 19.6 Å². The topological polar surface area (TPSA) is 83.1 Å². The minimum atomic E-state index is -0.0448. The first-order chi connectivity index (χ1) is 12.9. The van der Waals surface area contributed by atoms with Gasteiger partial charge in [0.15, 0.2) is 0 Å². The highest BCUT2D eigenvalue weighted by atomic mass is 16.2. The molecule has 0 aromatic heterocycles. The Morgan fingerprint density at radius 2 is 2.04 bits per heavy atom. The maximum Gasteiger partial charge on any atom is 0.241 e. The van der Waals surface area contributed by atoms with Crippen LogP contribution < -0.4 is 11.1 Å². The van der Waals surface area contributed by atoms with E-state index < -0.39 is 0 Å². The first-order valence-electron chi connectivity index (χ1n) is 8.94. The summed E-state index contributed by atoms with van der Waals surface area (Å²) in [5.41, 5.74) is 9.71. The maximum atomic E-state index is 11.6. The van der Waals surface area contributed by atoms with Gasteiger partial charge >= 0.3 is 0 Å². The minimum Gasteiger partial charge on any atom is -0.353 e. The number of hydrazone groups is 1. The van der Waals surface area contributed by atoms with Crippen LogP contribution in [0.2, 0.25) is 0 Å². The summed E-state index contributed by atoms with van der Waals surface area (Å²) >= 11 is 0. The number of carbonyl (C=O) groups is 1. The van der Waals surface area contributed by atoms with Crippen molar-refractivity contribution in [2.45, 2.75) is 19.9 Å². The van der Waals surface area contributed by atoms with Crippen molar-refractivity contribution in [3.8, 4) is 0 Å². The molecule has 1 fully saturated rings. The second kappa shape index (κ2) is 9.64. The summed E-state index contributed by atoms with van der Waals surface area (Å²) in [5.74, 6) is -0.0448. The normalized spacial score (nSPS) is 17.0. The molecule has 1 aromatic rings. The van der Waals surface area contributed by atoms with Gasteiger partial charge in [-0.1, -0.05) is 43.5 Å². The molecule has 0 aliphatic carbocycles. The van der Waals surface area contributed by atoms with Crippen LogP contribution in [0.3, 0.4) is 0 Å². The monoisotopic (exact) mass is 365 g/mol. The van der Waals surface area contributed by atoms with E-state index in [1.807, 2.05) is 50.3 Å². The summed E-state index contributed by atoms with van der Waals surface area (Å²) in [5, 5.41) is 9.04. The molecule has 142 valence electrons. The lowest BCUT2D eigenvalue weighted by atomic mass is 10.1. The lowest BCUT2D eigenvalue weighted by molar-refractivity contribution is -0.124. The van der Waals surface area contributed by atoms with Crippen LogP contribution >= 0.6 is 0 Å². The zero-order valence-electron chi connectivity index (χ0n) is 16.0. The van der Waals surface area contributed by atoms with Crippen molar-refractivity contribution in [3.63, 3.8) is 0 Å². The van der Waals surface area contributed by atoms with Crippen molar-refractivity contribution in [3.05, 3.63) is 66.8 Å². The van der Waals surface area contributed by atoms with Crippen LogP contribution in [0.15, 0.2) is 65.7 Å². The first kappa shape index (κ1) is 20.3. The number of rotatable bonds is 7. The van der Waals surface area contributed by atoms with Crippen LogP contribution in [0.25, 0.3) is 5.70 Å². The predicted octanol–water partition coefficient (Wildman–Crippen LogP) is 2.67. The van der Waals surface area contributed by atoms with Gasteiger partial charge in [-0.3, -0.25) is 9.80 Å². The fourth-order valence-electron chi connectivity index (χ4n) is 2.59. The summed E-state index contributed by atoms with van der Waals surface area (Å²) in [6.45, 7) is 13.2. The quantitative estimate of drug-likeness (QED) is 0.729. The molecule has 1 aromatic carbocycles. The van der Waals surface area contributed by atoms with Crippen LogP contribution in [-0.2, 0) is 4.79 Å². The number of benzene rings is 1. The Morgan fingerprint density at radius 1 is 1.33 bits per heavy atom. The SMILES string of the molecule is C=C/C(=N\N1CCNC(=O)C1)C(/C=C\C)=NC(=C)c1ccc(C(C)N)cc1. The summed E-state index contributed by atoms with van der Waals surface area (Å²) in [6.07, 6.45) is 5.37. The number of amides is 1. The van der Waals surface area contributed by atoms with Crippen molar-refractivity contribution < 1.29 is 4.79 Å². The van der Waals surface area contributed by atoms with Gasteiger partial charge < -0.3 is 11.1 Å². The van der Waals surface area contributed by atoms with Gasteiger partial charge in [-0.15, -0.1) is 0 Å². The van der Waals surface area contributed by atoms with E-state index in [4.69, 9.17) is 5.73 Å². The number of hydrogen-bond acceptors (Lipinski definition) is 5. The molecule has 1 saturated heterocycles. The second-order valence-electron chi connectivity index (χ2n) is 6.28. The molecule has 6 nitrogen and oxygen atoms in total. The zero-order valence-corrected chi connectivity index (χ0v) is 16.0. The number of nitrogens with two attached hydrogens (primary N) is 1. The molecule has 1 aliphatic rings. The highest BCUT2D eigenvalue weighted by Gasteiger charge is 2.15. The van der Waals surface area contributed by atoms with E-state index in [1.54, 1.807) is 11.1 Å². The number of piperazine rings is 1. The molecular weight excluding hydrogens is 338 g/mol. The van der Waals surface area contributed by atoms with Gasteiger partial charge in [0.05, 0.1) is 18.0 Å². The molecule has 1 aliphatic heterocycles. The van der Waals surface area contributed by atoms with Crippen LogP contribution in [0.5, 0.6) is 0 Å². The predicted molar refractivity (Wildman–Crippen MR) is 113 cm³/mol. The second-order valence-corrected chi connectivity index (χ2v) is 6.28. The Bertz CT molecular complexity index is 787. The number of carbonyl (C=O) groups excluding carboxylic acids is 1. The van der Waals surface area contributed by atoms with E-state index in [0.717, 1.165) is 11.1 Å². The Balaban J connectivity index is 2.28. The lowest BCUT2D eigenvalue weighted by Crippen LogP contribution is -2.45. The van der Waals surface area contributed by atoms with Gasteiger partial charge in [0.25, 0.3) is 0 Å². The van der Waals surface area contributed by atoms with E-state index >= 15 is 0 Å². The summed E-state index contributed by atoms with van der Waals surface area (Å²) in [7, 11) is 0. The van der Waals surface area contributed by atoms with Gasteiger partial charge in [-0.2, -0.15) is 5.10 Å². The third-order valence-electron chi connectivity index (χ3n) is 4.07. The van der Waals surface area contributed by atoms with Gasteiger partial charge in [0, 0.05) is 12.6 Å². The van der Waals surface area contributed by atoms with Gasteiger partial charge in [-0.05, 0) is 37.1 Å². The van der Waals surface area contributed by atoms with Crippen LogP contribution in [0.1, 0.15) is 31.0 Å². The van der Waals surface area contributed by atoms with Gasteiger partial charge in [-0.25, -0.2) is 4.99 Å². The Kier molecular flexibility index (Phi) is 7.25. The van der Waals surface area contributed by atoms with Crippen LogP contribution in [0.4, 0.5) is 0 Å². The number of aliphatic imine (C=N–C) groups is 1. The third-order valence-corrected chi connectivity index (χ3v) is 4.07. The average Bonchev–Trinajstić information content (AvgIpc) is 2.66. The molecule has 1 heterocycles. The maximum absolute atomic E-state index is 11.6. The highest BCUT2D eigenvalue weighted by molar-refractivity contribution is 6.50. The van der Waals surface area contributed by atoms with Crippen molar-refractivity contribution >= 4 is 23.0 Å². The highest BCUT2D eigenvalue weighted by Crippen LogP contribution is 2.18. The molecule has 0 saturated carbocycles. The fraction of sp³-hybridized carbons (Fsp3) is 0.286. The molecule has 0 radical (unpaired) electrons. The van der Waals surface area contributed by atoms with Gasteiger partial charge in [0.2, 0.25) is 5.91 Å². The number of allylic oxidation sites excluding steroid dienone is 3. The third kappa shape index (κ3) is 5.76. The summed E-state index contributed by atoms with van der Waals surface area (Å²) in [6, 6.07) is 7.85. The molecule has 1 unspecified atom stereocenters. The molecule has 3 N–H and O–H groups in total. The molecule has 0 spiro atoms. The van der Waals surface area contributed by atoms with Crippen molar-refractivity contribution in [2.24, 2.45) is 15.8 Å². The zero-order chi connectivity index (χ0) is 19.8. The summed E-state index contributed by atoms with van der Waals surface area (Å²) in [4.78, 5) is 16.2. The largest absolute Gasteiger partial charge is 0.353 e. The molecule has 0 bridgehead atoms. The summed E-state index contributed by atoms with van der Waals surface area (Å²) < 4.78 is 0. The number of nitrogens with one attached hydrogen (secondary N) is 1. The van der Waals surface area contributed by atoms with E-state index in [0.29, 0.717) is 30.2 Å². The van der Waals surface area contributed by atoms with E-state index in [2.05, 4.69) is 28.6 Å².